The minimum absolute atomic E-state index is 0.0982. The first-order valence-corrected chi connectivity index (χ1v) is 10.3. The molecule has 1 aromatic carbocycles. The molecule has 0 spiro atoms. The molecule has 3 aliphatic rings. The molecule has 2 atom stereocenters. The van der Waals surface area contributed by atoms with E-state index in [-0.39, 0.29) is 29.9 Å². The molecule has 31 heavy (non-hydrogen) atoms. The van der Waals surface area contributed by atoms with Crippen LogP contribution >= 0.6 is 0 Å². The fraction of sp³-hybridized carbons (Fsp3) is 0.381. The highest BCUT2D eigenvalue weighted by Crippen LogP contribution is 2.34. The number of carbonyl (C=O) groups is 4. The number of anilines is 2. The first kappa shape index (κ1) is 19.3. The number of benzene rings is 1. The van der Waals surface area contributed by atoms with Crippen molar-refractivity contribution in [2.24, 2.45) is 0 Å². The van der Waals surface area contributed by atoms with E-state index in [1.54, 1.807) is 18.3 Å². The number of aromatic amines is 1. The molecule has 4 heterocycles. The lowest BCUT2D eigenvalue weighted by Crippen LogP contribution is -2.54. The molecule has 0 aliphatic carbocycles. The number of carbonyl (C=O) groups excluding carboxylic acids is 4. The van der Waals surface area contributed by atoms with E-state index in [0.29, 0.717) is 12.2 Å². The van der Waals surface area contributed by atoms with Gasteiger partial charge in [0.15, 0.2) is 0 Å². The molecule has 2 saturated heterocycles. The van der Waals surface area contributed by atoms with Gasteiger partial charge in [-0.2, -0.15) is 5.10 Å². The van der Waals surface area contributed by atoms with Crippen LogP contribution in [0.15, 0.2) is 24.4 Å². The summed E-state index contributed by atoms with van der Waals surface area (Å²) in [4.78, 5) is 52.7. The van der Waals surface area contributed by atoms with E-state index >= 15 is 0 Å². The van der Waals surface area contributed by atoms with Gasteiger partial charge in [-0.05, 0) is 37.5 Å². The van der Waals surface area contributed by atoms with Crippen LogP contribution < -0.4 is 16.0 Å². The Morgan fingerprint density at radius 3 is 2.61 bits per heavy atom. The van der Waals surface area contributed by atoms with Gasteiger partial charge >= 0.3 is 0 Å². The molecule has 10 heteroatoms. The zero-order chi connectivity index (χ0) is 21.7. The summed E-state index contributed by atoms with van der Waals surface area (Å²) in [6, 6.07) is 4.23. The third kappa shape index (κ3) is 3.15. The molecule has 2 fully saturated rings. The van der Waals surface area contributed by atoms with E-state index in [1.165, 1.54) is 0 Å². The number of nitrogens with one attached hydrogen (secondary N) is 2. The van der Waals surface area contributed by atoms with Crippen molar-refractivity contribution in [2.45, 2.75) is 37.6 Å². The number of piperidine rings is 2. The minimum Gasteiger partial charge on any atom is -0.396 e. The average molecular weight is 422 g/mol. The normalized spacial score (nSPS) is 23.9. The van der Waals surface area contributed by atoms with Crippen LogP contribution in [-0.2, 0) is 9.59 Å². The van der Waals surface area contributed by atoms with Crippen molar-refractivity contribution >= 4 is 35.0 Å². The summed E-state index contributed by atoms with van der Waals surface area (Å²) in [5.74, 6) is -1.80. The zero-order valence-corrected chi connectivity index (χ0v) is 16.8. The second kappa shape index (κ2) is 7.22. The van der Waals surface area contributed by atoms with Crippen LogP contribution in [-0.4, -0.2) is 57.9 Å². The second-order valence-corrected chi connectivity index (χ2v) is 8.20. The molecule has 0 bridgehead atoms. The van der Waals surface area contributed by atoms with E-state index in [9.17, 15) is 19.2 Å². The number of H-pyrrole nitrogens is 1. The van der Waals surface area contributed by atoms with Crippen molar-refractivity contribution in [3.63, 3.8) is 0 Å². The lowest BCUT2D eigenvalue weighted by molar-refractivity contribution is -0.136. The largest absolute Gasteiger partial charge is 0.396 e. The third-order valence-corrected chi connectivity index (χ3v) is 6.32. The van der Waals surface area contributed by atoms with Crippen LogP contribution in [0.1, 0.15) is 58.0 Å². The molecule has 3 aliphatic heterocycles. The highest BCUT2D eigenvalue weighted by Gasteiger charge is 2.44. The predicted octanol–water partition coefficient (Wildman–Crippen LogP) is 0.777. The molecule has 0 saturated carbocycles. The van der Waals surface area contributed by atoms with Gasteiger partial charge in [-0.1, -0.05) is 0 Å². The molecule has 2 unspecified atom stereocenters. The van der Waals surface area contributed by atoms with E-state index in [2.05, 4.69) is 20.4 Å². The number of rotatable bonds is 3. The van der Waals surface area contributed by atoms with E-state index in [4.69, 9.17) is 5.73 Å². The Hall–Kier alpha value is -3.69. The summed E-state index contributed by atoms with van der Waals surface area (Å²) in [5, 5.41) is 9.21. The van der Waals surface area contributed by atoms with Crippen molar-refractivity contribution < 1.29 is 19.2 Å². The standard InChI is InChI=1S/C21H22N6O4/c22-15-9-23-25-18(15)11-2-1-7-26(10-11)12-3-4-13-14(8-12)21(31)27(20(13)30)16-5-6-17(28)24-19(16)29/h3-4,8-9,11,16H,1-2,5-7,10,22H2,(H,23,25)(H,24,28,29). The van der Waals surface area contributed by atoms with Crippen LogP contribution in [0.25, 0.3) is 0 Å². The Morgan fingerprint density at radius 2 is 1.87 bits per heavy atom. The second-order valence-electron chi connectivity index (χ2n) is 8.20. The van der Waals surface area contributed by atoms with Crippen LogP contribution in [0.4, 0.5) is 11.4 Å². The van der Waals surface area contributed by atoms with E-state index in [0.717, 1.165) is 35.7 Å². The summed E-state index contributed by atoms with van der Waals surface area (Å²) >= 11 is 0. The smallest absolute Gasteiger partial charge is 0.262 e. The predicted molar refractivity (Wildman–Crippen MR) is 110 cm³/mol. The summed E-state index contributed by atoms with van der Waals surface area (Å²) in [7, 11) is 0. The Bertz CT molecular complexity index is 1110. The summed E-state index contributed by atoms with van der Waals surface area (Å²) < 4.78 is 0. The number of aromatic nitrogens is 2. The third-order valence-electron chi connectivity index (χ3n) is 6.32. The first-order chi connectivity index (χ1) is 14.9. The number of hydrogen-bond acceptors (Lipinski definition) is 7. The van der Waals surface area contributed by atoms with Gasteiger partial charge in [-0.15, -0.1) is 0 Å². The highest BCUT2D eigenvalue weighted by molar-refractivity contribution is 6.23. The maximum absolute atomic E-state index is 13.1. The summed E-state index contributed by atoms with van der Waals surface area (Å²) in [5.41, 5.74) is 8.98. The molecule has 4 N–H and O–H groups in total. The van der Waals surface area contributed by atoms with Gasteiger partial charge in [0, 0.05) is 31.1 Å². The maximum Gasteiger partial charge on any atom is 0.262 e. The van der Waals surface area contributed by atoms with Crippen molar-refractivity contribution in [1.29, 1.82) is 0 Å². The highest BCUT2D eigenvalue weighted by atomic mass is 16.2. The number of nitrogens with two attached hydrogens (primary N) is 1. The van der Waals surface area contributed by atoms with Gasteiger partial charge < -0.3 is 10.6 Å². The molecule has 1 aromatic heterocycles. The van der Waals surface area contributed by atoms with Gasteiger partial charge in [-0.25, -0.2) is 0 Å². The number of amides is 4. The molecule has 10 nitrogen and oxygen atoms in total. The summed E-state index contributed by atoms with van der Waals surface area (Å²) in [6.45, 7) is 1.53. The van der Waals surface area contributed by atoms with Crippen LogP contribution in [0.3, 0.4) is 0 Å². The molecule has 4 amide bonds. The monoisotopic (exact) mass is 422 g/mol. The van der Waals surface area contributed by atoms with Crippen LogP contribution in [0.2, 0.25) is 0 Å². The molecule has 160 valence electrons. The van der Waals surface area contributed by atoms with E-state index < -0.39 is 29.7 Å². The Balaban J connectivity index is 1.40. The van der Waals surface area contributed by atoms with Crippen molar-refractivity contribution in [3.8, 4) is 0 Å². The molecule has 0 radical (unpaired) electrons. The van der Waals surface area contributed by atoms with Gasteiger partial charge in [0.05, 0.1) is 28.7 Å². The lowest BCUT2D eigenvalue weighted by Gasteiger charge is -2.34. The average Bonchev–Trinajstić information content (AvgIpc) is 3.30. The summed E-state index contributed by atoms with van der Waals surface area (Å²) in [6.07, 6.45) is 3.78. The van der Waals surface area contributed by atoms with Crippen molar-refractivity contribution in [3.05, 3.63) is 41.2 Å². The van der Waals surface area contributed by atoms with Gasteiger partial charge in [0.2, 0.25) is 11.8 Å². The number of hydrogen-bond donors (Lipinski definition) is 3. The molecule has 5 rings (SSSR count). The minimum atomic E-state index is -0.962. The van der Waals surface area contributed by atoms with Crippen LogP contribution in [0.5, 0.6) is 0 Å². The Morgan fingerprint density at radius 1 is 1.06 bits per heavy atom. The Labute approximate surface area is 177 Å². The molecular formula is C21H22N6O4. The maximum atomic E-state index is 13.1. The van der Waals surface area contributed by atoms with E-state index in [1.807, 2.05) is 6.07 Å². The van der Waals surface area contributed by atoms with Crippen molar-refractivity contribution in [2.75, 3.05) is 23.7 Å². The van der Waals surface area contributed by atoms with Gasteiger partial charge in [-0.3, -0.25) is 34.5 Å². The van der Waals surface area contributed by atoms with Crippen molar-refractivity contribution in [1.82, 2.24) is 20.4 Å². The zero-order valence-electron chi connectivity index (χ0n) is 16.8. The molecule has 2 aromatic rings. The SMILES string of the molecule is Nc1cn[nH]c1C1CCCN(c2ccc3c(c2)C(=O)N(C2CCC(=O)NC2=O)C3=O)C1. The number of nitrogen functional groups attached to an aromatic ring is 1. The number of fused-ring (bicyclic) bond motifs is 1. The first-order valence-electron chi connectivity index (χ1n) is 10.3. The van der Waals surface area contributed by atoms with Gasteiger partial charge in [0.1, 0.15) is 6.04 Å². The van der Waals surface area contributed by atoms with Gasteiger partial charge in [0.25, 0.3) is 11.8 Å². The fourth-order valence-corrected chi connectivity index (χ4v) is 4.74. The molecular weight excluding hydrogens is 400 g/mol. The fourth-order valence-electron chi connectivity index (χ4n) is 4.74. The Kier molecular flexibility index (Phi) is 4.49. The quantitative estimate of drug-likeness (QED) is 0.621. The number of imide groups is 2. The lowest BCUT2D eigenvalue weighted by atomic mass is 9.93. The van der Waals surface area contributed by atoms with Crippen LogP contribution in [0, 0.1) is 0 Å². The number of nitrogens with zero attached hydrogens (tertiary/aromatic N) is 3. The topological polar surface area (TPSA) is 141 Å².